The van der Waals surface area contributed by atoms with E-state index in [-0.39, 0.29) is 11.2 Å². The molecule has 1 aromatic carbocycles. The van der Waals surface area contributed by atoms with Crippen LogP contribution < -0.4 is 5.32 Å². The molecule has 0 radical (unpaired) electrons. The van der Waals surface area contributed by atoms with Crippen molar-refractivity contribution < 1.29 is 4.79 Å². The van der Waals surface area contributed by atoms with E-state index in [1.54, 1.807) is 0 Å². The Morgan fingerprint density at radius 2 is 2.19 bits per heavy atom. The first-order valence-electron chi connectivity index (χ1n) is 6.96. The van der Waals surface area contributed by atoms with Crippen LogP contribution in [0.1, 0.15) is 30.8 Å². The van der Waals surface area contributed by atoms with E-state index in [0.29, 0.717) is 5.16 Å². The maximum atomic E-state index is 12.3. The second-order valence-electron chi connectivity index (χ2n) is 4.92. The molecule has 5 nitrogen and oxygen atoms in total. The van der Waals surface area contributed by atoms with Crippen molar-refractivity contribution in [3.05, 3.63) is 35.2 Å². The molecule has 2 aromatic rings. The van der Waals surface area contributed by atoms with Crippen molar-refractivity contribution in [2.75, 3.05) is 5.32 Å². The van der Waals surface area contributed by atoms with Crippen LogP contribution in [0, 0.1) is 13.8 Å². The van der Waals surface area contributed by atoms with Crippen molar-refractivity contribution in [2.45, 2.75) is 44.5 Å². The summed E-state index contributed by atoms with van der Waals surface area (Å²) >= 11 is 1.35. The summed E-state index contributed by atoms with van der Waals surface area (Å²) in [6.07, 6.45) is 0.888. The van der Waals surface area contributed by atoms with E-state index < -0.39 is 0 Å². The number of benzene rings is 1. The monoisotopic (exact) mass is 304 g/mol. The average Bonchev–Trinajstić information content (AvgIpc) is 2.86. The number of aryl methyl sites for hydroxylation is 3. The number of hydrogen-bond acceptors (Lipinski definition) is 4. The number of carbonyl (C=O) groups excluding carboxylic acids is 1. The van der Waals surface area contributed by atoms with Gasteiger partial charge in [-0.1, -0.05) is 36.9 Å². The van der Waals surface area contributed by atoms with E-state index in [0.717, 1.165) is 29.1 Å². The molecule has 21 heavy (non-hydrogen) atoms. The van der Waals surface area contributed by atoms with Gasteiger partial charge in [0, 0.05) is 5.69 Å². The fourth-order valence-corrected chi connectivity index (χ4v) is 2.78. The Labute approximate surface area is 128 Å². The van der Waals surface area contributed by atoms with Gasteiger partial charge in [-0.15, -0.1) is 5.10 Å². The van der Waals surface area contributed by atoms with Gasteiger partial charge in [0.25, 0.3) is 0 Å². The molecule has 1 aromatic heterocycles. The van der Waals surface area contributed by atoms with E-state index in [4.69, 9.17) is 0 Å². The van der Waals surface area contributed by atoms with Crippen LogP contribution >= 0.6 is 11.8 Å². The normalized spacial score (nSPS) is 12.2. The molecule has 6 heteroatoms. The molecule has 0 bridgehead atoms. The third-order valence-corrected chi connectivity index (χ3v) is 4.18. The molecule has 0 spiro atoms. The molecule has 0 saturated heterocycles. The van der Waals surface area contributed by atoms with E-state index in [2.05, 4.69) is 27.4 Å². The molecular weight excluding hydrogens is 284 g/mol. The van der Waals surface area contributed by atoms with Crippen LogP contribution in [0.25, 0.3) is 0 Å². The number of anilines is 1. The first-order valence-corrected chi connectivity index (χ1v) is 7.84. The lowest BCUT2D eigenvalue weighted by atomic mass is 10.1. The molecule has 2 N–H and O–H groups in total. The number of carbonyl (C=O) groups is 1. The van der Waals surface area contributed by atoms with Crippen LogP contribution in [0.3, 0.4) is 0 Å². The molecule has 0 saturated carbocycles. The topological polar surface area (TPSA) is 70.7 Å². The Kier molecular flexibility index (Phi) is 5.01. The van der Waals surface area contributed by atoms with Crippen LogP contribution in [0.4, 0.5) is 5.69 Å². The molecule has 0 fully saturated rings. The number of H-pyrrole nitrogens is 1. The number of amides is 1. The van der Waals surface area contributed by atoms with Gasteiger partial charge in [-0.2, -0.15) is 0 Å². The molecule has 0 aliphatic heterocycles. The summed E-state index contributed by atoms with van der Waals surface area (Å²) in [5.41, 5.74) is 3.14. The summed E-state index contributed by atoms with van der Waals surface area (Å²) in [6, 6.07) is 6.06. The number of nitrogens with one attached hydrogen (secondary N) is 2. The molecule has 2 rings (SSSR count). The van der Waals surface area contributed by atoms with E-state index >= 15 is 0 Å². The van der Waals surface area contributed by atoms with E-state index in [1.165, 1.54) is 11.8 Å². The highest BCUT2D eigenvalue weighted by atomic mass is 32.2. The molecule has 1 atom stereocenters. The van der Waals surface area contributed by atoms with Gasteiger partial charge >= 0.3 is 0 Å². The molecule has 1 heterocycles. The Bertz CT molecular complexity index is 638. The number of nitrogens with zero attached hydrogens (tertiary/aromatic N) is 2. The SMILES string of the molecule is CCc1cccc(C)c1NC(=O)C(C)Sc1n[nH]c(C)n1. The lowest BCUT2D eigenvalue weighted by molar-refractivity contribution is -0.115. The first-order chi connectivity index (χ1) is 10.0. The second kappa shape index (κ2) is 6.76. The Morgan fingerprint density at radius 3 is 2.81 bits per heavy atom. The summed E-state index contributed by atoms with van der Waals surface area (Å²) in [7, 11) is 0. The quantitative estimate of drug-likeness (QED) is 0.833. The van der Waals surface area contributed by atoms with Crippen molar-refractivity contribution in [2.24, 2.45) is 0 Å². The number of rotatable bonds is 5. The van der Waals surface area contributed by atoms with Gasteiger partial charge in [-0.25, -0.2) is 4.98 Å². The van der Waals surface area contributed by atoms with Crippen LogP contribution in [-0.2, 0) is 11.2 Å². The molecule has 0 aliphatic carbocycles. The first kappa shape index (κ1) is 15.6. The zero-order valence-corrected chi connectivity index (χ0v) is 13.5. The predicted octanol–water partition coefficient (Wildman–Crippen LogP) is 3.10. The van der Waals surface area contributed by atoms with Gasteiger partial charge in [-0.05, 0) is 38.3 Å². The minimum absolute atomic E-state index is 0.0357. The Balaban J connectivity index is 2.07. The van der Waals surface area contributed by atoms with Gasteiger partial charge < -0.3 is 5.32 Å². The highest BCUT2D eigenvalue weighted by Crippen LogP contribution is 2.24. The fraction of sp³-hybridized carbons (Fsp3) is 0.400. The lowest BCUT2D eigenvalue weighted by Crippen LogP contribution is -2.23. The minimum atomic E-state index is -0.260. The second-order valence-corrected chi connectivity index (χ2v) is 6.22. The summed E-state index contributed by atoms with van der Waals surface area (Å²) in [4.78, 5) is 16.6. The van der Waals surface area contributed by atoms with Crippen molar-refractivity contribution in [3.8, 4) is 0 Å². The highest BCUT2D eigenvalue weighted by Gasteiger charge is 2.18. The molecule has 112 valence electrons. The molecule has 0 aliphatic rings. The molecule has 1 amide bonds. The summed E-state index contributed by atoms with van der Waals surface area (Å²) in [5, 5.41) is 10.2. The van der Waals surface area contributed by atoms with Gasteiger partial charge in [0.15, 0.2) is 0 Å². The highest BCUT2D eigenvalue weighted by molar-refractivity contribution is 8.00. The van der Waals surface area contributed by atoms with Crippen molar-refractivity contribution in [3.63, 3.8) is 0 Å². The van der Waals surface area contributed by atoms with Crippen molar-refractivity contribution in [1.82, 2.24) is 15.2 Å². The maximum Gasteiger partial charge on any atom is 0.237 e. The van der Waals surface area contributed by atoms with Crippen LogP contribution in [-0.4, -0.2) is 26.3 Å². The Hall–Kier alpha value is -1.82. The lowest BCUT2D eigenvalue weighted by Gasteiger charge is -2.15. The van der Waals surface area contributed by atoms with Crippen LogP contribution in [0.15, 0.2) is 23.4 Å². The van der Waals surface area contributed by atoms with Crippen LogP contribution in [0.5, 0.6) is 0 Å². The van der Waals surface area contributed by atoms with Crippen molar-refractivity contribution in [1.29, 1.82) is 0 Å². The van der Waals surface area contributed by atoms with E-state index in [9.17, 15) is 4.79 Å². The minimum Gasteiger partial charge on any atom is -0.325 e. The largest absolute Gasteiger partial charge is 0.325 e. The standard InChI is InChI=1S/C15H20N4OS/c1-5-12-8-6-7-9(2)13(12)17-14(20)10(3)21-15-16-11(4)18-19-15/h6-8,10H,5H2,1-4H3,(H,17,20)(H,16,18,19). The summed E-state index contributed by atoms with van der Waals surface area (Å²) < 4.78 is 0. The van der Waals surface area contributed by atoms with Crippen molar-refractivity contribution >= 4 is 23.4 Å². The number of thioether (sulfide) groups is 1. The number of hydrogen-bond donors (Lipinski definition) is 2. The predicted molar refractivity (Wildman–Crippen MR) is 85.6 cm³/mol. The zero-order chi connectivity index (χ0) is 15.4. The van der Waals surface area contributed by atoms with Gasteiger partial charge in [-0.3, -0.25) is 9.89 Å². The smallest absolute Gasteiger partial charge is 0.237 e. The third-order valence-electron chi connectivity index (χ3n) is 3.22. The van der Waals surface area contributed by atoms with Gasteiger partial charge in [0.1, 0.15) is 5.82 Å². The number of aromatic amines is 1. The van der Waals surface area contributed by atoms with Crippen LogP contribution in [0.2, 0.25) is 0 Å². The fourth-order valence-electron chi connectivity index (χ4n) is 2.01. The summed E-state index contributed by atoms with van der Waals surface area (Å²) in [6.45, 7) is 7.78. The Morgan fingerprint density at radius 1 is 1.43 bits per heavy atom. The third kappa shape index (κ3) is 3.85. The van der Waals surface area contributed by atoms with E-state index in [1.807, 2.05) is 39.0 Å². The summed E-state index contributed by atoms with van der Waals surface area (Å²) in [5.74, 6) is 0.712. The number of aromatic nitrogens is 3. The number of para-hydroxylation sites is 1. The molecular formula is C15H20N4OS. The van der Waals surface area contributed by atoms with Gasteiger partial charge in [0.2, 0.25) is 11.1 Å². The maximum absolute atomic E-state index is 12.3. The average molecular weight is 304 g/mol. The van der Waals surface area contributed by atoms with Gasteiger partial charge in [0.05, 0.1) is 5.25 Å². The molecule has 1 unspecified atom stereocenters. The zero-order valence-electron chi connectivity index (χ0n) is 12.7.